The lowest BCUT2D eigenvalue weighted by atomic mass is 9.83. The number of hydrogen-bond acceptors (Lipinski definition) is 3. The summed E-state index contributed by atoms with van der Waals surface area (Å²) < 4.78 is 0. The molecule has 1 aliphatic carbocycles. The first kappa shape index (κ1) is 13.8. The summed E-state index contributed by atoms with van der Waals surface area (Å²) in [5.41, 5.74) is 2.17. The highest BCUT2D eigenvalue weighted by atomic mass is 16.3. The Labute approximate surface area is 119 Å². The van der Waals surface area contributed by atoms with Gasteiger partial charge in [0.05, 0.1) is 6.10 Å². The smallest absolute Gasteiger partial charge is 0.222 e. The van der Waals surface area contributed by atoms with Gasteiger partial charge in [-0.05, 0) is 37.2 Å². The molecule has 1 amide bonds. The number of nitrogens with zero attached hydrogens (tertiary/aromatic N) is 1. The van der Waals surface area contributed by atoms with Gasteiger partial charge in [-0.2, -0.15) is 0 Å². The molecule has 1 N–H and O–H groups in total. The lowest BCUT2D eigenvalue weighted by Crippen LogP contribution is -2.38. The van der Waals surface area contributed by atoms with E-state index in [4.69, 9.17) is 0 Å². The minimum absolute atomic E-state index is 0.0371. The van der Waals surface area contributed by atoms with Crippen molar-refractivity contribution in [3.63, 3.8) is 0 Å². The summed E-state index contributed by atoms with van der Waals surface area (Å²) in [6.45, 7) is 3.47. The summed E-state index contributed by atoms with van der Waals surface area (Å²) in [6.07, 6.45) is 3.70. The standard InChI is InChI=1S/C16H23NO3/c1-10-8-15(19)17-6-2-4-11-12(5-3-7-17)14(18)9-13(11)16(10)20/h10,13,16,20H,2-9H2,1H3/t10-,13+,16-/m1/s1. The van der Waals surface area contributed by atoms with Gasteiger partial charge in [0.1, 0.15) is 0 Å². The summed E-state index contributed by atoms with van der Waals surface area (Å²) in [5.74, 6) is 0.281. The van der Waals surface area contributed by atoms with Crippen molar-refractivity contribution in [3.05, 3.63) is 11.1 Å². The van der Waals surface area contributed by atoms with Crippen LogP contribution in [0.2, 0.25) is 0 Å². The molecular weight excluding hydrogens is 254 g/mol. The van der Waals surface area contributed by atoms with Gasteiger partial charge < -0.3 is 10.0 Å². The SMILES string of the molecule is C[C@@H]1CC(=O)N2CCCC3=C(CCC2)[C@H](CC3=O)[C@@H]1O. The third-order valence-electron chi connectivity index (χ3n) is 5.15. The zero-order chi connectivity index (χ0) is 14.3. The van der Waals surface area contributed by atoms with Crippen molar-refractivity contribution in [2.45, 2.75) is 51.6 Å². The van der Waals surface area contributed by atoms with Crippen LogP contribution in [0.1, 0.15) is 45.4 Å². The minimum Gasteiger partial charge on any atom is -0.392 e. The lowest BCUT2D eigenvalue weighted by Gasteiger charge is -2.30. The third kappa shape index (κ3) is 2.30. The quantitative estimate of drug-likeness (QED) is 0.733. The second kappa shape index (κ2) is 5.32. The number of amides is 1. The molecule has 4 nitrogen and oxygen atoms in total. The van der Waals surface area contributed by atoms with Gasteiger partial charge in [-0.15, -0.1) is 0 Å². The number of aliphatic hydroxyl groups excluding tert-OH is 1. The summed E-state index contributed by atoms with van der Waals surface area (Å²) >= 11 is 0. The van der Waals surface area contributed by atoms with E-state index < -0.39 is 6.10 Å². The Morgan fingerprint density at radius 2 is 1.80 bits per heavy atom. The van der Waals surface area contributed by atoms with Gasteiger partial charge in [0.2, 0.25) is 5.91 Å². The van der Waals surface area contributed by atoms with E-state index in [2.05, 4.69) is 0 Å². The molecule has 110 valence electrons. The maximum absolute atomic E-state index is 12.3. The first-order chi connectivity index (χ1) is 9.58. The van der Waals surface area contributed by atoms with Crippen molar-refractivity contribution in [1.29, 1.82) is 0 Å². The van der Waals surface area contributed by atoms with Crippen LogP contribution in [-0.2, 0) is 9.59 Å². The highest BCUT2D eigenvalue weighted by Gasteiger charge is 2.39. The Morgan fingerprint density at radius 1 is 1.10 bits per heavy atom. The van der Waals surface area contributed by atoms with Crippen LogP contribution in [0.15, 0.2) is 11.1 Å². The molecule has 1 fully saturated rings. The molecule has 2 heterocycles. The van der Waals surface area contributed by atoms with Crippen molar-refractivity contribution in [2.75, 3.05) is 13.1 Å². The number of hydrogen-bond donors (Lipinski definition) is 1. The van der Waals surface area contributed by atoms with Gasteiger partial charge in [-0.1, -0.05) is 12.5 Å². The fourth-order valence-corrected chi connectivity index (χ4v) is 4.00. The van der Waals surface area contributed by atoms with Gasteiger partial charge in [0, 0.05) is 31.8 Å². The van der Waals surface area contributed by atoms with Crippen LogP contribution >= 0.6 is 0 Å². The Bertz CT molecular complexity index is 468. The third-order valence-corrected chi connectivity index (χ3v) is 5.15. The fraction of sp³-hybridized carbons (Fsp3) is 0.750. The minimum atomic E-state index is -0.562. The molecule has 0 aromatic heterocycles. The molecule has 3 atom stereocenters. The molecule has 1 saturated heterocycles. The number of carbonyl (C=O) groups is 2. The maximum Gasteiger partial charge on any atom is 0.222 e. The van der Waals surface area contributed by atoms with Crippen LogP contribution in [0.25, 0.3) is 0 Å². The van der Waals surface area contributed by atoms with Gasteiger partial charge in [0.25, 0.3) is 0 Å². The molecule has 0 saturated carbocycles. The zero-order valence-electron chi connectivity index (χ0n) is 12.1. The summed E-state index contributed by atoms with van der Waals surface area (Å²) in [4.78, 5) is 26.5. The Balaban J connectivity index is 2.00. The Hall–Kier alpha value is -1.16. The monoisotopic (exact) mass is 277 g/mol. The summed E-state index contributed by atoms with van der Waals surface area (Å²) in [7, 11) is 0. The van der Waals surface area contributed by atoms with E-state index in [9.17, 15) is 14.7 Å². The number of rotatable bonds is 0. The molecule has 2 aliphatic heterocycles. The van der Waals surface area contributed by atoms with E-state index in [1.807, 2.05) is 11.8 Å². The first-order valence-electron chi connectivity index (χ1n) is 7.79. The van der Waals surface area contributed by atoms with Crippen molar-refractivity contribution >= 4 is 11.7 Å². The number of ketones is 1. The Morgan fingerprint density at radius 3 is 2.55 bits per heavy atom. The second-order valence-electron chi connectivity index (χ2n) is 6.50. The average Bonchev–Trinajstić information content (AvgIpc) is 2.76. The predicted octanol–water partition coefficient (Wildman–Crippen LogP) is 1.68. The van der Waals surface area contributed by atoms with Crippen LogP contribution in [-0.4, -0.2) is 40.9 Å². The van der Waals surface area contributed by atoms with Crippen molar-refractivity contribution in [2.24, 2.45) is 11.8 Å². The molecule has 0 radical (unpaired) electrons. The van der Waals surface area contributed by atoms with E-state index in [0.717, 1.165) is 44.3 Å². The molecule has 0 spiro atoms. The normalized spacial score (nSPS) is 35.3. The maximum atomic E-state index is 12.3. The molecule has 0 aromatic rings. The number of allylic oxidation sites excluding steroid dienone is 1. The fourth-order valence-electron chi connectivity index (χ4n) is 4.00. The van der Waals surface area contributed by atoms with Crippen LogP contribution in [0, 0.1) is 11.8 Å². The van der Waals surface area contributed by atoms with Crippen LogP contribution in [0.3, 0.4) is 0 Å². The van der Waals surface area contributed by atoms with Crippen LogP contribution in [0.5, 0.6) is 0 Å². The molecule has 2 bridgehead atoms. The van der Waals surface area contributed by atoms with E-state index >= 15 is 0 Å². The van der Waals surface area contributed by atoms with E-state index in [1.165, 1.54) is 5.57 Å². The highest BCUT2D eigenvalue weighted by Crippen LogP contribution is 2.40. The molecular formula is C16H23NO3. The molecule has 4 heteroatoms. The van der Waals surface area contributed by atoms with E-state index in [0.29, 0.717) is 12.8 Å². The van der Waals surface area contributed by atoms with Gasteiger partial charge >= 0.3 is 0 Å². The summed E-state index contributed by atoms with van der Waals surface area (Å²) in [5, 5.41) is 10.6. The number of Topliss-reactive ketones (excluding diaryl/α,β-unsaturated/α-hetero) is 1. The second-order valence-corrected chi connectivity index (χ2v) is 6.50. The zero-order valence-corrected chi connectivity index (χ0v) is 12.1. The largest absolute Gasteiger partial charge is 0.392 e. The van der Waals surface area contributed by atoms with Crippen molar-refractivity contribution in [1.82, 2.24) is 4.90 Å². The first-order valence-corrected chi connectivity index (χ1v) is 7.79. The van der Waals surface area contributed by atoms with Crippen molar-refractivity contribution < 1.29 is 14.7 Å². The van der Waals surface area contributed by atoms with Crippen molar-refractivity contribution in [3.8, 4) is 0 Å². The lowest BCUT2D eigenvalue weighted by molar-refractivity contribution is -0.133. The van der Waals surface area contributed by atoms with E-state index in [-0.39, 0.29) is 23.5 Å². The molecule has 3 aliphatic rings. The topological polar surface area (TPSA) is 57.6 Å². The van der Waals surface area contributed by atoms with E-state index in [1.54, 1.807) is 0 Å². The molecule has 20 heavy (non-hydrogen) atoms. The molecule has 0 unspecified atom stereocenters. The number of aliphatic hydroxyl groups is 1. The molecule has 3 rings (SSSR count). The Kier molecular flexibility index (Phi) is 3.67. The van der Waals surface area contributed by atoms with Gasteiger partial charge in [-0.25, -0.2) is 0 Å². The number of fused-ring (bicyclic) bond motifs is 3. The average molecular weight is 277 g/mol. The van der Waals surface area contributed by atoms with Crippen LogP contribution < -0.4 is 0 Å². The predicted molar refractivity (Wildman–Crippen MR) is 75.0 cm³/mol. The number of carbonyl (C=O) groups excluding carboxylic acids is 2. The van der Waals surface area contributed by atoms with Crippen LogP contribution in [0.4, 0.5) is 0 Å². The van der Waals surface area contributed by atoms with Gasteiger partial charge in [0.15, 0.2) is 5.78 Å². The molecule has 0 aromatic carbocycles. The summed E-state index contributed by atoms with van der Waals surface area (Å²) in [6, 6.07) is 0. The van der Waals surface area contributed by atoms with Gasteiger partial charge in [-0.3, -0.25) is 9.59 Å². The highest BCUT2D eigenvalue weighted by molar-refractivity contribution is 5.99.